The molecule has 0 saturated carbocycles. The van der Waals surface area contributed by atoms with Crippen LogP contribution in [0.1, 0.15) is 27.2 Å². The third-order valence-corrected chi connectivity index (χ3v) is 3.90. The van der Waals surface area contributed by atoms with Crippen LogP contribution in [0.2, 0.25) is 0 Å². The average Bonchev–Trinajstić information content (AvgIpc) is 2.40. The van der Waals surface area contributed by atoms with Gasteiger partial charge in [-0.1, -0.05) is 17.7 Å². The Morgan fingerprint density at radius 1 is 1.37 bits per heavy atom. The molecule has 0 fully saturated rings. The van der Waals surface area contributed by atoms with Crippen LogP contribution in [0.3, 0.4) is 0 Å². The lowest BCUT2D eigenvalue weighted by Gasteiger charge is -2.07. The summed E-state index contributed by atoms with van der Waals surface area (Å²) in [6.45, 7) is 4.08. The summed E-state index contributed by atoms with van der Waals surface area (Å²) in [4.78, 5) is 20.0. The van der Waals surface area contributed by atoms with Crippen LogP contribution in [-0.4, -0.2) is 21.0 Å². The zero-order valence-electron chi connectivity index (χ0n) is 10.8. The molecule has 0 bridgehead atoms. The van der Waals surface area contributed by atoms with E-state index in [0.717, 1.165) is 4.90 Å². The quantitative estimate of drug-likeness (QED) is 0.868. The maximum atomic E-state index is 11.1. The predicted octanol–water partition coefficient (Wildman–Crippen LogP) is 3.08. The van der Waals surface area contributed by atoms with Gasteiger partial charge in [-0.05, 0) is 25.5 Å². The lowest BCUT2D eigenvalue weighted by Crippen LogP contribution is -2.04. The number of carboxylic acid groups (broad SMARTS) is 1. The van der Waals surface area contributed by atoms with Gasteiger partial charge in [-0.25, -0.2) is 14.8 Å². The van der Waals surface area contributed by atoms with Gasteiger partial charge in [0.25, 0.3) is 0 Å². The van der Waals surface area contributed by atoms with Crippen LogP contribution in [0.4, 0.5) is 0 Å². The molecule has 0 aliphatic rings. The fourth-order valence-electron chi connectivity index (χ4n) is 1.66. The predicted molar refractivity (Wildman–Crippen MR) is 74.5 cm³/mol. The van der Waals surface area contributed by atoms with E-state index in [4.69, 9.17) is 5.11 Å². The third-order valence-electron chi connectivity index (χ3n) is 2.73. The zero-order chi connectivity index (χ0) is 13.8. The van der Waals surface area contributed by atoms with E-state index in [-0.39, 0.29) is 5.56 Å². The number of carbonyl (C=O) groups is 1. The number of aromatic carboxylic acids is 1. The van der Waals surface area contributed by atoms with Crippen LogP contribution < -0.4 is 0 Å². The molecular weight excluding hydrogens is 260 g/mol. The molecular formula is C14H14N2O2S. The summed E-state index contributed by atoms with van der Waals surface area (Å²) in [5.41, 5.74) is 3.09. The van der Waals surface area contributed by atoms with Gasteiger partial charge < -0.3 is 5.11 Å². The molecule has 0 amide bonds. The molecule has 98 valence electrons. The lowest BCUT2D eigenvalue weighted by molar-refractivity contribution is 0.0695. The van der Waals surface area contributed by atoms with Gasteiger partial charge in [0, 0.05) is 16.8 Å². The summed E-state index contributed by atoms with van der Waals surface area (Å²) in [5, 5.41) is 9.07. The van der Waals surface area contributed by atoms with Gasteiger partial charge in [0.15, 0.2) is 0 Å². The van der Waals surface area contributed by atoms with E-state index in [2.05, 4.69) is 28.2 Å². The van der Waals surface area contributed by atoms with Crippen LogP contribution in [0, 0.1) is 13.8 Å². The van der Waals surface area contributed by atoms with E-state index in [1.165, 1.54) is 23.7 Å². The first-order valence-corrected chi connectivity index (χ1v) is 6.78. The molecule has 1 aromatic heterocycles. The minimum Gasteiger partial charge on any atom is -0.478 e. The Morgan fingerprint density at radius 3 is 2.89 bits per heavy atom. The van der Waals surface area contributed by atoms with Gasteiger partial charge in [-0.3, -0.25) is 0 Å². The van der Waals surface area contributed by atoms with Crippen LogP contribution in [0.15, 0.2) is 35.6 Å². The smallest absolute Gasteiger partial charge is 0.339 e. The maximum absolute atomic E-state index is 11.1. The van der Waals surface area contributed by atoms with E-state index in [9.17, 15) is 4.79 Å². The van der Waals surface area contributed by atoms with Crippen LogP contribution >= 0.6 is 11.8 Å². The molecule has 1 N–H and O–H groups in total. The Bertz CT molecular complexity index is 614. The second-order valence-corrected chi connectivity index (χ2v) is 5.26. The molecule has 0 spiro atoms. The number of hydrogen-bond acceptors (Lipinski definition) is 4. The number of carboxylic acids is 1. The van der Waals surface area contributed by atoms with Gasteiger partial charge in [0.2, 0.25) is 0 Å². The number of benzene rings is 1. The van der Waals surface area contributed by atoms with Gasteiger partial charge in [0.1, 0.15) is 11.9 Å². The standard InChI is InChI=1S/C14H14N2O2S/c1-9-3-4-10(2)13(5-9)19-7-12-11(14(17)18)6-15-8-16-12/h3-6,8H,7H2,1-2H3,(H,17,18). The highest BCUT2D eigenvalue weighted by Gasteiger charge is 2.12. The second-order valence-electron chi connectivity index (χ2n) is 4.25. The highest BCUT2D eigenvalue weighted by Crippen LogP contribution is 2.27. The van der Waals surface area contributed by atoms with E-state index in [0.29, 0.717) is 11.4 Å². The molecule has 0 saturated heterocycles. The minimum atomic E-state index is -0.989. The van der Waals surface area contributed by atoms with Crippen molar-refractivity contribution in [1.82, 2.24) is 9.97 Å². The Balaban J connectivity index is 2.19. The van der Waals surface area contributed by atoms with Crippen molar-refractivity contribution >= 4 is 17.7 Å². The molecule has 5 heteroatoms. The highest BCUT2D eigenvalue weighted by molar-refractivity contribution is 7.98. The summed E-state index contributed by atoms with van der Waals surface area (Å²) in [5.74, 6) is -0.466. The number of hydrogen-bond donors (Lipinski definition) is 1. The van der Waals surface area contributed by atoms with Crippen molar-refractivity contribution in [2.75, 3.05) is 0 Å². The van der Waals surface area contributed by atoms with E-state index in [1.54, 1.807) is 11.8 Å². The van der Waals surface area contributed by atoms with Crippen molar-refractivity contribution in [2.24, 2.45) is 0 Å². The normalized spacial score (nSPS) is 10.4. The Kier molecular flexibility index (Phi) is 4.16. The molecule has 2 rings (SSSR count). The monoisotopic (exact) mass is 274 g/mol. The SMILES string of the molecule is Cc1ccc(C)c(SCc2ncncc2C(=O)O)c1. The number of rotatable bonds is 4. The third kappa shape index (κ3) is 3.32. The summed E-state index contributed by atoms with van der Waals surface area (Å²) < 4.78 is 0. The molecule has 19 heavy (non-hydrogen) atoms. The summed E-state index contributed by atoms with van der Waals surface area (Å²) in [7, 11) is 0. The summed E-state index contributed by atoms with van der Waals surface area (Å²) >= 11 is 1.59. The first-order chi connectivity index (χ1) is 9.08. The van der Waals surface area contributed by atoms with Crippen LogP contribution in [0.25, 0.3) is 0 Å². The fourth-order valence-corrected chi connectivity index (χ4v) is 2.74. The molecule has 0 atom stereocenters. The number of aromatic nitrogens is 2. The molecule has 1 heterocycles. The van der Waals surface area contributed by atoms with Crippen molar-refractivity contribution in [3.05, 3.63) is 53.1 Å². The summed E-state index contributed by atoms with van der Waals surface area (Å²) in [6.07, 6.45) is 2.72. The summed E-state index contributed by atoms with van der Waals surface area (Å²) in [6, 6.07) is 6.23. The zero-order valence-corrected chi connectivity index (χ0v) is 11.6. The minimum absolute atomic E-state index is 0.167. The van der Waals surface area contributed by atoms with E-state index in [1.807, 2.05) is 13.8 Å². The number of thioether (sulfide) groups is 1. The average molecular weight is 274 g/mol. The molecule has 0 aliphatic heterocycles. The molecule has 0 radical (unpaired) electrons. The van der Waals surface area contributed by atoms with E-state index >= 15 is 0 Å². The molecule has 4 nitrogen and oxygen atoms in total. The molecule has 1 aromatic carbocycles. The van der Waals surface area contributed by atoms with Crippen molar-refractivity contribution in [1.29, 1.82) is 0 Å². The number of nitrogens with zero attached hydrogens (tertiary/aromatic N) is 2. The molecule has 0 aliphatic carbocycles. The maximum Gasteiger partial charge on any atom is 0.339 e. The number of aryl methyl sites for hydroxylation is 2. The van der Waals surface area contributed by atoms with E-state index < -0.39 is 5.97 Å². The van der Waals surface area contributed by atoms with Crippen molar-refractivity contribution in [3.63, 3.8) is 0 Å². The second kappa shape index (κ2) is 5.84. The largest absolute Gasteiger partial charge is 0.478 e. The molecule has 2 aromatic rings. The van der Waals surface area contributed by atoms with Gasteiger partial charge in [-0.2, -0.15) is 0 Å². The first-order valence-electron chi connectivity index (χ1n) is 5.80. The molecule has 0 unspecified atom stereocenters. The van der Waals surface area contributed by atoms with Crippen molar-refractivity contribution in [2.45, 2.75) is 24.5 Å². The Morgan fingerprint density at radius 2 is 2.16 bits per heavy atom. The lowest BCUT2D eigenvalue weighted by atomic mass is 10.2. The van der Waals surface area contributed by atoms with Crippen LogP contribution in [-0.2, 0) is 5.75 Å². The van der Waals surface area contributed by atoms with Crippen molar-refractivity contribution in [3.8, 4) is 0 Å². The fraction of sp³-hybridized carbons (Fsp3) is 0.214. The Hall–Kier alpha value is -1.88. The topological polar surface area (TPSA) is 63.1 Å². The highest BCUT2D eigenvalue weighted by atomic mass is 32.2. The van der Waals surface area contributed by atoms with Crippen molar-refractivity contribution < 1.29 is 9.90 Å². The van der Waals surface area contributed by atoms with Gasteiger partial charge in [0.05, 0.1) is 5.69 Å². The van der Waals surface area contributed by atoms with Gasteiger partial charge in [-0.15, -0.1) is 11.8 Å². The van der Waals surface area contributed by atoms with Crippen LogP contribution in [0.5, 0.6) is 0 Å². The van der Waals surface area contributed by atoms with Gasteiger partial charge >= 0.3 is 5.97 Å². The first kappa shape index (κ1) is 13.5. The Labute approximate surface area is 115 Å².